The van der Waals surface area contributed by atoms with Gasteiger partial charge in [-0.05, 0) is 35.7 Å². The van der Waals surface area contributed by atoms with Gasteiger partial charge < -0.3 is 4.98 Å². The molecule has 0 saturated carbocycles. The molecule has 0 radical (unpaired) electrons. The molecule has 0 amide bonds. The molecule has 0 unspecified atom stereocenters. The van der Waals surface area contributed by atoms with Crippen LogP contribution in [0.2, 0.25) is 0 Å². The number of aryl methyl sites for hydroxylation is 1. The number of rotatable bonds is 2. The fourth-order valence-electron chi connectivity index (χ4n) is 2.39. The van der Waals surface area contributed by atoms with E-state index in [2.05, 4.69) is 31.7 Å². The Hall–Kier alpha value is -1.46. The first-order chi connectivity index (χ1) is 8.72. The number of nitrogens with one attached hydrogen (secondary N) is 1. The molecule has 0 spiro atoms. The second-order valence-corrected chi connectivity index (χ2v) is 5.45. The average Bonchev–Trinajstić information content (AvgIpc) is 2.81. The van der Waals surface area contributed by atoms with Crippen LogP contribution in [-0.2, 0) is 19.5 Å². The van der Waals surface area contributed by atoms with Crippen LogP contribution in [0, 0.1) is 6.92 Å². The molecule has 4 nitrogen and oxygen atoms in total. The molecule has 3 heterocycles. The van der Waals surface area contributed by atoms with Gasteiger partial charge in [0, 0.05) is 25.2 Å². The van der Waals surface area contributed by atoms with Crippen LogP contribution in [0.15, 0.2) is 21.6 Å². The van der Waals surface area contributed by atoms with Gasteiger partial charge in [-0.25, -0.2) is 4.98 Å². The quantitative estimate of drug-likeness (QED) is 0.895. The van der Waals surface area contributed by atoms with Gasteiger partial charge in [0.2, 0.25) is 0 Å². The van der Waals surface area contributed by atoms with Gasteiger partial charge in [-0.2, -0.15) is 11.3 Å². The lowest BCUT2D eigenvalue weighted by atomic mass is 10.1. The summed E-state index contributed by atoms with van der Waals surface area (Å²) in [4.78, 5) is 21.4. The molecule has 0 aromatic carbocycles. The Morgan fingerprint density at radius 3 is 3.22 bits per heavy atom. The summed E-state index contributed by atoms with van der Waals surface area (Å²) in [6, 6.07) is 2.15. The normalized spacial score (nSPS) is 15.6. The van der Waals surface area contributed by atoms with E-state index in [1.165, 1.54) is 5.56 Å². The fourth-order valence-corrected chi connectivity index (χ4v) is 3.05. The highest BCUT2D eigenvalue weighted by molar-refractivity contribution is 7.07. The monoisotopic (exact) mass is 261 g/mol. The molecule has 0 fully saturated rings. The smallest absolute Gasteiger partial charge is 0.254 e. The van der Waals surface area contributed by atoms with Crippen molar-refractivity contribution in [1.29, 1.82) is 0 Å². The molecule has 1 N–H and O–H groups in total. The number of fused-ring (bicyclic) bond motifs is 1. The van der Waals surface area contributed by atoms with Crippen molar-refractivity contribution in [2.24, 2.45) is 0 Å². The predicted molar refractivity (Wildman–Crippen MR) is 71.7 cm³/mol. The molecule has 18 heavy (non-hydrogen) atoms. The van der Waals surface area contributed by atoms with E-state index >= 15 is 0 Å². The number of thiophene rings is 1. The van der Waals surface area contributed by atoms with Crippen molar-refractivity contribution < 1.29 is 0 Å². The van der Waals surface area contributed by atoms with Gasteiger partial charge in [0.1, 0.15) is 5.82 Å². The van der Waals surface area contributed by atoms with Crippen molar-refractivity contribution >= 4 is 11.3 Å². The van der Waals surface area contributed by atoms with Crippen LogP contribution in [-0.4, -0.2) is 21.4 Å². The highest BCUT2D eigenvalue weighted by atomic mass is 32.1. The van der Waals surface area contributed by atoms with E-state index in [0.29, 0.717) is 5.82 Å². The maximum absolute atomic E-state index is 11.8. The van der Waals surface area contributed by atoms with Crippen molar-refractivity contribution in [3.63, 3.8) is 0 Å². The maximum Gasteiger partial charge on any atom is 0.254 e. The summed E-state index contributed by atoms with van der Waals surface area (Å²) in [6.45, 7) is 4.47. The van der Waals surface area contributed by atoms with E-state index in [4.69, 9.17) is 0 Å². The Kier molecular flexibility index (Phi) is 3.01. The zero-order valence-electron chi connectivity index (χ0n) is 10.3. The molecule has 0 aliphatic carbocycles. The van der Waals surface area contributed by atoms with E-state index in [0.717, 1.165) is 37.3 Å². The number of hydrogen-bond acceptors (Lipinski definition) is 4. The Morgan fingerprint density at radius 2 is 2.44 bits per heavy atom. The summed E-state index contributed by atoms with van der Waals surface area (Å²) in [7, 11) is 0. The molecule has 1 aliphatic heterocycles. The van der Waals surface area contributed by atoms with Crippen molar-refractivity contribution in [2.45, 2.75) is 26.4 Å². The van der Waals surface area contributed by atoms with Gasteiger partial charge in [-0.1, -0.05) is 0 Å². The summed E-state index contributed by atoms with van der Waals surface area (Å²) >= 11 is 1.72. The van der Waals surface area contributed by atoms with Crippen molar-refractivity contribution in [3.05, 3.63) is 49.8 Å². The van der Waals surface area contributed by atoms with Crippen molar-refractivity contribution in [3.8, 4) is 0 Å². The molecule has 3 rings (SSSR count). The van der Waals surface area contributed by atoms with Crippen LogP contribution in [0.3, 0.4) is 0 Å². The van der Waals surface area contributed by atoms with Gasteiger partial charge in [-0.3, -0.25) is 9.69 Å². The van der Waals surface area contributed by atoms with Crippen LogP contribution in [0.5, 0.6) is 0 Å². The van der Waals surface area contributed by atoms with E-state index in [1.54, 1.807) is 11.3 Å². The molecule has 0 atom stereocenters. The van der Waals surface area contributed by atoms with Gasteiger partial charge in [-0.15, -0.1) is 0 Å². The van der Waals surface area contributed by atoms with E-state index in [9.17, 15) is 4.79 Å². The van der Waals surface area contributed by atoms with Gasteiger partial charge in [0.25, 0.3) is 5.56 Å². The van der Waals surface area contributed by atoms with Crippen LogP contribution < -0.4 is 5.56 Å². The maximum atomic E-state index is 11.8. The Balaban J connectivity index is 1.82. The molecule has 2 aromatic heterocycles. The SMILES string of the molecule is Cc1nc2c(c(=O)[nH]1)CCN(Cc1ccsc1)C2. The van der Waals surface area contributed by atoms with Crippen molar-refractivity contribution in [1.82, 2.24) is 14.9 Å². The number of hydrogen-bond donors (Lipinski definition) is 1. The molecule has 0 saturated heterocycles. The van der Waals surface area contributed by atoms with E-state index in [-0.39, 0.29) is 5.56 Å². The molecular formula is C13H15N3OS. The second kappa shape index (κ2) is 4.66. The molecule has 0 bridgehead atoms. The lowest BCUT2D eigenvalue weighted by molar-refractivity contribution is 0.240. The first-order valence-corrected chi connectivity index (χ1v) is 6.99. The minimum absolute atomic E-state index is 0.0349. The number of aromatic nitrogens is 2. The van der Waals surface area contributed by atoms with Crippen LogP contribution in [0.25, 0.3) is 0 Å². The number of nitrogens with zero attached hydrogens (tertiary/aromatic N) is 2. The predicted octanol–water partition coefficient (Wildman–Crippen LogP) is 1.70. The first kappa shape index (κ1) is 11.6. The topological polar surface area (TPSA) is 49.0 Å². The third-order valence-corrected chi connectivity index (χ3v) is 3.99. The highest BCUT2D eigenvalue weighted by Crippen LogP contribution is 2.17. The summed E-state index contributed by atoms with van der Waals surface area (Å²) < 4.78 is 0. The third kappa shape index (κ3) is 2.23. The Labute approximate surface area is 109 Å². The first-order valence-electron chi connectivity index (χ1n) is 6.04. The Bertz CT molecular complexity index is 603. The molecule has 94 valence electrons. The van der Waals surface area contributed by atoms with Gasteiger partial charge in [0.05, 0.1) is 5.69 Å². The summed E-state index contributed by atoms with van der Waals surface area (Å²) in [5.74, 6) is 0.705. The minimum Gasteiger partial charge on any atom is -0.311 e. The molecular weight excluding hydrogens is 246 g/mol. The van der Waals surface area contributed by atoms with Crippen LogP contribution >= 0.6 is 11.3 Å². The molecule has 2 aromatic rings. The van der Waals surface area contributed by atoms with E-state index < -0.39 is 0 Å². The summed E-state index contributed by atoms with van der Waals surface area (Å²) in [5.41, 5.74) is 3.18. The van der Waals surface area contributed by atoms with Gasteiger partial charge in [0.15, 0.2) is 0 Å². The van der Waals surface area contributed by atoms with Crippen LogP contribution in [0.1, 0.15) is 22.6 Å². The number of H-pyrrole nitrogens is 1. The average molecular weight is 261 g/mol. The molecule has 1 aliphatic rings. The lowest BCUT2D eigenvalue weighted by Crippen LogP contribution is -2.35. The standard InChI is InChI=1S/C13H15N3OS/c1-9-14-12-7-16(6-10-3-5-18-8-10)4-2-11(12)13(17)15-9/h3,5,8H,2,4,6-7H2,1H3,(H,14,15,17). The fraction of sp³-hybridized carbons (Fsp3) is 0.385. The van der Waals surface area contributed by atoms with Crippen LogP contribution in [0.4, 0.5) is 0 Å². The summed E-state index contributed by atoms with van der Waals surface area (Å²) in [6.07, 6.45) is 0.794. The Morgan fingerprint density at radius 1 is 1.56 bits per heavy atom. The number of aromatic amines is 1. The lowest BCUT2D eigenvalue weighted by Gasteiger charge is -2.27. The third-order valence-electron chi connectivity index (χ3n) is 3.26. The zero-order chi connectivity index (χ0) is 12.5. The van der Waals surface area contributed by atoms with Gasteiger partial charge >= 0.3 is 0 Å². The summed E-state index contributed by atoms with van der Waals surface area (Å²) in [5, 5.41) is 4.27. The second-order valence-electron chi connectivity index (χ2n) is 4.67. The van der Waals surface area contributed by atoms with Crippen molar-refractivity contribution in [2.75, 3.05) is 6.54 Å². The molecule has 5 heteroatoms. The highest BCUT2D eigenvalue weighted by Gasteiger charge is 2.20. The minimum atomic E-state index is 0.0349. The zero-order valence-corrected chi connectivity index (χ0v) is 11.1. The van der Waals surface area contributed by atoms with E-state index in [1.807, 2.05) is 6.92 Å². The largest absolute Gasteiger partial charge is 0.311 e.